The second kappa shape index (κ2) is 4.44. The van der Waals surface area contributed by atoms with Crippen molar-refractivity contribution in [3.05, 3.63) is 28.5 Å². The van der Waals surface area contributed by atoms with Crippen LogP contribution in [0.4, 0.5) is 0 Å². The number of carboxylic acids is 1. The quantitative estimate of drug-likeness (QED) is 0.888. The Morgan fingerprint density at radius 1 is 1.47 bits per heavy atom. The molecule has 1 saturated carbocycles. The molecule has 17 heavy (non-hydrogen) atoms. The normalized spacial score (nSPS) is 17.0. The molecule has 90 valence electrons. The Morgan fingerprint density at radius 2 is 2.18 bits per heavy atom. The molecule has 5 nitrogen and oxygen atoms in total. The summed E-state index contributed by atoms with van der Waals surface area (Å²) in [6, 6.07) is 3.38. The number of aliphatic carboxylic acids is 1. The summed E-state index contributed by atoms with van der Waals surface area (Å²) in [5.41, 5.74) is -0.895. The lowest BCUT2D eigenvalue weighted by Crippen LogP contribution is -2.59. The van der Waals surface area contributed by atoms with Crippen molar-refractivity contribution in [2.24, 2.45) is 0 Å². The molecule has 1 fully saturated rings. The third-order valence-corrected chi connectivity index (χ3v) is 3.58. The van der Waals surface area contributed by atoms with E-state index in [1.807, 2.05) is 0 Å². The van der Waals surface area contributed by atoms with E-state index in [9.17, 15) is 9.59 Å². The van der Waals surface area contributed by atoms with Crippen LogP contribution in [0.5, 0.6) is 0 Å². The van der Waals surface area contributed by atoms with Crippen LogP contribution in [-0.2, 0) is 4.79 Å². The molecule has 0 atom stereocenters. The number of nitrogens with zero attached hydrogens (tertiary/aromatic N) is 1. The highest BCUT2D eigenvalue weighted by molar-refractivity contribution is 9.10. The number of rotatable bonds is 3. The Kier molecular flexibility index (Phi) is 3.15. The lowest BCUT2D eigenvalue weighted by Gasteiger charge is -2.38. The number of carbonyl (C=O) groups excluding carboxylic acids is 1. The summed E-state index contributed by atoms with van der Waals surface area (Å²) in [5.74, 6) is -1.44. The van der Waals surface area contributed by atoms with Crippen molar-refractivity contribution in [3.63, 3.8) is 0 Å². The first-order valence-corrected chi connectivity index (χ1v) is 6.01. The van der Waals surface area contributed by atoms with Crippen molar-refractivity contribution in [2.45, 2.75) is 24.8 Å². The molecular weight excluding hydrogens is 288 g/mol. The summed E-state index contributed by atoms with van der Waals surface area (Å²) in [5, 5.41) is 11.7. The molecular formula is C11H11BrN2O3. The van der Waals surface area contributed by atoms with E-state index < -0.39 is 17.4 Å². The predicted molar refractivity (Wildman–Crippen MR) is 63.6 cm³/mol. The molecule has 0 aromatic carbocycles. The van der Waals surface area contributed by atoms with Crippen molar-refractivity contribution in [2.75, 3.05) is 0 Å². The second-order valence-corrected chi connectivity index (χ2v) is 4.88. The van der Waals surface area contributed by atoms with Gasteiger partial charge in [-0.25, -0.2) is 9.78 Å². The first-order valence-electron chi connectivity index (χ1n) is 5.22. The van der Waals surface area contributed by atoms with Crippen molar-refractivity contribution in [1.82, 2.24) is 10.3 Å². The predicted octanol–water partition coefficient (Wildman–Crippen LogP) is 1.58. The molecule has 0 unspecified atom stereocenters. The Balaban J connectivity index is 2.17. The molecule has 6 heteroatoms. The number of hydrogen-bond donors (Lipinski definition) is 2. The van der Waals surface area contributed by atoms with Gasteiger partial charge in [-0.3, -0.25) is 4.79 Å². The fraction of sp³-hybridized carbons (Fsp3) is 0.364. The van der Waals surface area contributed by atoms with Crippen molar-refractivity contribution in [1.29, 1.82) is 0 Å². The van der Waals surface area contributed by atoms with Crippen molar-refractivity contribution < 1.29 is 14.7 Å². The summed E-state index contributed by atoms with van der Waals surface area (Å²) in [6.07, 6.45) is 3.25. The largest absolute Gasteiger partial charge is 0.480 e. The third kappa shape index (κ3) is 2.17. The second-order valence-electron chi connectivity index (χ2n) is 4.03. The minimum Gasteiger partial charge on any atom is -0.480 e. The average Bonchev–Trinajstić information content (AvgIpc) is 2.23. The molecule has 1 amide bonds. The van der Waals surface area contributed by atoms with Gasteiger partial charge >= 0.3 is 5.97 Å². The van der Waals surface area contributed by atoms with Gasteiger partial charge in [-0.2, -0.15) is 0 Å². The lowest BCUT2D eigenvalue weighted by atomic mass is 9.76. The Bertz CT molecular complexity index is 472. The number of halogens is 1. The molecule has 0 bridgehead atoms. The fourth-order valence-electron chi connectivity index (χ4n) is 1.75. The molecule has 0 radical (unpaired) electrons. The van der Waals surface area contributed by atoms with Gasteiger partial charge in [-0.05, 0) is 47.3 Å². The number of amides is 1. The Labute approximate surface area is 106 Å². The molecule has 1 aliphatic rings. The number of nitrogens with one attached hydrogen (secondary N) is 1. The van der Waals surface area contributed by atoms with Crippen LogP contribution in [0.15, 0.2) is 22.8 Å². The van der Waals surface area contributed by atoms with Gasteiger partial charge in [0.25, 0.3) is 5.91 Å². The fourth-order valence-corrected chi connectivity index (χ4v) is 2.19. The molecule has 1 aliphatic carbocycles. The molecule has 2 rings (SSSR count). The van der Waals surface area contributed by atoms with E-state index in [4.69, 9.17) is 5.11 Å². The smallest absolute Gasteiger partial charge is 0.329 e. The van der Waals surface area contributed by atoms with Gasteiger partial charge in [0.2, 0.25) is 0 Å². The van der Waals surface area contributed by atoms with Crippen molar-refractivity contribution in [3.8, 4) is 0 Å². The minimum atomic E-state index is -1.10. The summed E-state index contributed by atoms with van der Waals surface area (Å²) in [4.78, 5) is 26.9. The SMILES string of the molecule is O=C(NC1(C(=O)O)CCC1)c1ncccc1Br. The lowest BCUT2D eigenvalue weighted by molar-refractivity contribution is -0.148. The Hall–Kier alpha value is -1.43. The van der Waals surface area contributed by atoms with Gasteiger partial charge in [0.05, 0.1) is 0 Å². The highest BCUT2D eigenvalue weighted by Gasteiger charge is 2.46. The molecule has 0 spiro atoms. The van der Waals surface area contributed by atoms with E-state index >= 15 is 0 Å². The summed E-state index contributed by atoms with van der Waals surface area (Å²) in [6.45, 7) is 0. The maximum absolute atomic E-state index is 11.9. The van der Waals surface area contributed by atoms with E-state index in [1.54, 1.807) is 12.1 Å². The molecule has 0 aliphatic heterocycles. The minimum absolute atomic E-state index is 0.208. The van der Waals surface area contributed by atoms with Gasteiger partial charge in [0.15, 0.2) is 0 Å². The van der Waals surface area contributed by atoms with E-state index in [0.29, 0.717) is 17.3 Å². The topological polar surface area (TPSA) is 79.3 Å². The Morgan fingerprint density at radius 3 is 2.65 bits per heavy atom. The monoisotopic (exact) mass is 298 g/mol. The maximum atomic E-state index is 11.9. The van der Waals surface area contributed by atoms with Crippen LogP contribution in [0.3, 0.4) is 0 Å². The number of hydrogen-bond acceptors (Lipinski definition) is 3. The van der Waals surface area contributed by atoms with Crippen LogP contribution in [0.25, 0.3) is 0 Å². The van der Waals surface area contributed by atoms with Gasteiger partial charge in [-0.15, -0.1) is 0 Å². The highest BCUT2D eigenvalue weighted by atomic mass is 79.9. The van der Waals surface area contributed by atoms with E-state index in [2.05, 4.69) is 26.2 Å². The van der Waals surface area contributed by atoms with Crippen LogP contribution in [0.2, 0.25) is 0 Å². The van der Waals surface area contributed by atoms with Crippen LogP contribution in [0.1, 0.15) is 29.8 Å². The first kappa shape index (κ1) is 12.0. The average molecular weight is 299 g/mol. The van der Waals surface area contributed by atoms with Crippen LogP contribution in [-0.4, -0.2) is 27.5 Å². The number of carbonyl (C=O) groups is 2. The molecule has 1 heterocycles. The molecule has 2 N–H and O–H groups in total. The zero-order chi connectivity index (χ0) is 12.5. The van der Waals surface area contributed by atoms with Gasteiger partial charge in [-0.1, -0.05) is 0 Å². The number of carboxylic acid groups (broad SMARTS) is 1. The summed E-state index contributed by atoms with van der Waals surface area (Å²) < 4.78 is 0.553. The molecule has 1 aromatic heterocycles. The number of pyridine rings is 1. The van der Waals surface area contributed by atoms with E-state index in [0.717, 1.165) is 6.42 Å². The first-order chi connectivity index (χ1) is 8.05. The zero-order valence-corrected chi connectivity index (χ0v) is 10.5. The zero-order valence-electron chi connectivity index (χ0n) is 8.94. The standard InChI is InChI=1S/C11H11BrN2O3/c12-7-3-1-6-13-8(7)9(15)14-11(10(16)17)4-2-5-11/h1,3,6H,2,4-5H2,(H,14,15)(H,16,17). The highest BCUT2D eigenvalue weighted by Crippen LogP contribution is 2.32. The summed E-state index contributed by atoms with van der Waals surface area (Å²) >= 11 is 3.21. The van der Waals surface area contributed by atoms with Crippen molar-refractivity contribution >= 4 is 27.8 Å². The van der Waals surface area contributed by atoms with Gasteiger partial charge in [0.1, 0.15) is 11.2 Å². The number of aromatic nitrogens is 1. The van der Waals surface area contributed by atoms with Crippen LogP contribution in [0, 0.1) is 0 Å². The third-order valence-electron chi connectivity index (χ3n) is 2.94. The van der Waals surface area contributed by atoms with Crippen LogP contribution >= 0.6 is 15.9 Å². The maximum Gasteiger partial charge on any atom is 0.329 e. The van der Waals surface area contributed by atoms with Crippen LogP contribution < -0.4 is 5.32 Å². The summed E-state index contributed by atoms with van der Waals surface area (Å²) in [7, 11) is 0. The van der Waals surface area contributed by atoms with E-state index in [-0.39, 0.29) is 5.69 Å². The molecule has 1 aromatic rings. The van der Waals surface area contributed by atoms with Gasteiger partial charge in [0, 0.05) is 10.7 Å². The van der Waals surface area contributed by atoms with Gasteiger partial charge < -0.3 is 10.4 Å². The van der Waals surface area contributed by atoms with E-state index in [1.165, 1.54) is 6.20 Å². The molecule has 0 saturated heterocycles.